The van der Waals surface area contributed by atoms with Gasteiger partial charge >= 0.3 is 0 Å². The maximum atomic E-state index is 10.6. The smallest absolute Gasteiger partial charge is 0.150 e. The molecule has 1 aromatic heterocycles. The van der Waals surface area contributed by atoms with E-state index in [1.165, 1.54) is 0 Å². The first-order valence-corrected chi connectivity index (χ1v) is 8.59. The van der Waals surface area contributed by atoms with Gasteiger partial charge in [-0.3, -0.25) is 4.79 Å². The molecule has 6 heteroatoms. The number of aryl methyl sites for hydroxylation is 1. The molecular weight excluding hydrogens is 310 g/mol. The first-order chi connectivity index (χ1) is 11.2. The molecule has 0 bridgehead atoms. The molecule has 23 heavy (non-hydrogen) atoms. The minimum Gasteiger partial charge on any atom is -0.493 e. The summed E-state index contributed by atoms with van der Waals surface area (Å²) in [5.74, 6) is 1.42. The fourth-order valence-corrected chi connectivity index (χ4v) is 3.56. The zero-order valence-corrected chi connectivity index (χ0v) is 14.0. The van der Waals surface area contributed by atoms with E-state index in [9.17, 15) is 4.79 Å². The van der Waals surface area contributed by atoms with Gasteiger partial charge in [0.1, 0.15) is 17.1 Å². The molecule has 2 heterocycles. The van der Waals surface area contributed by atoms with Gasteiger partial charge in [0.05, 0.1) is 12.9 Å². The van der Waals surface area contributed by atoms with Crippen LogP contribution in [0.2, 0.25) is 0 Å². The van der Waals surface area contributed by atoms with Crippen LogP contribution in [0.5, 0.6) is 5.75 Å². The highest BCUT2D eigenvalue weighted by Crippen LogP contribution is 2.27. The topological polar surface area (TPSA) is 47.4 Å². The summed E-state index contributed by atoms with van der Waals surface area (Å²) in [7, 11) is 1.99. The average Bonchev–Trinajstić information content (AvgIpc) is 2.99. The van der Waals surface area contributed by atoms with Crippen LogP contribution in [0.15, 0.2) is 41.8 Å². The second kappa shape index (κ2) is 7.66. The van der Waals surface area contributed by atoms with Crippen LogP contribution < -0.4 is 4.74 Å². The van der Waals surface area contributed by atoms with Crippen LogP contribution >= 0.6 is 11.9 Å². The molecule has 122 valence electrons. The van der Waals surface area contributed by atoms with Gasteiger partial charge < -0.3 is 9.30 Å². The Morgan fingerprint density at radius 3 is 2.65 bits per heavy atom. The number of benzene rings is 1. The van der Waals surface area contributed by atoms with Gasteiger partial charge in [0.2, 0.25) is 0 Å². The van der Waals surface area contributed by atoms with Gasteiger partial charge in [-0.1, -0.05) is 0 Å². The molecule has 0 atom stereocenters. The van der Waals surface area contributed by atoms with Crippen molar-refractivity contribution in [1.29, 1.82) is 0 Å². The van der Waals surface area contributed by atoms with Crippen molar-refractivity contribution in [3.63, 3.8) is 0 Å². The van der Waals surface area contributed by atoms with E-state index < -0.39 is 0 Å². The summed E-state index contributed by atoms with van der Waals surface area (Å²) < 4.78 is 10.2. The normalized spacial score (nSPS) is 16.4. The molecule has 0 radical (unpaired) electrons. The van der Waals surface area contributed by atoms with Gasteiger partial charge in [-0.05, 0) is 55.0 Å². The van der Waals surface area contributed by atoms with E-state index in [1.54, 1.807) is 24.1 Å². The number of hydrogen-bond donors (Lipinski definition) is 0. The molecule has 0 N–H and O–H groups in total. The quantitative estimate of drug-likeness (QED) is 0.601. The summed E-state index contributed by atoms with van der Waals surface area (Å²) in [4.78, 5) is 15.0. The Morgan fingerprint density at radius 2 is 2.04 bits per heavy atom. The fourth-order valence-electron chi connectivity index (χ4n) is 2.59. The van der Waals surface area contributed by atoms with Crippen LogP contribution in [0, 0.1) is 5.92 Å². The molecule has 3 rings (SSSR count). The van der Waals surface area contributed by atoms with Crippen LogP contribution in [-0.4, -0.2) is 39.8 Å². The molecule has 2 aromatic rings. The van der Waals surface area contributed by atoms with E-state index in [-0.39, 0.29) is 0 Å². The van der Waals surface area contributed by atoms with Gasteiger partial charge in [0.25, 0.3) is 0 Å². The monoisotopic (exact) mass is 331 g/mol. The number of rotatable bonds is 6. The Labute approximate surface area is 140 Å². The second-order valence-electron chi connectivity index (χ2n) is 5.84. The first kappa shape index (κ1) is 16.1. The van der Waals surface area contributed by atoms with Crippen molar-refractivity contribution in [3.8, 4) is 5.75 Å². The molecule has 1 aromatic carbocycles. The molecule has 1 saturated heterocycles. The molecule has 1 aliphatic heterocycles. The Bertz CT molecular complexity index is 634. The third-order valence-corrected chi connectivity index (χ3v) is 5.00. The Morgan fingerprint density at radius 1 is 1.30 bits per heavy atom. The van der Waals surface area contributed by atoms with E-state index in [1.807, 2.05) is 36.3 Å². The number of hydrogen-bond acceptors (Lipinski definition) is 5. The zero-order valence-electron chi connectivity index (χ0n) is 13.2. The van der Waals surface area contributed by atoms with Crippen molar-refractivity contribution in [2.45, 2.75) is 17.9 Å². The predicted octanol–water partition coefficient (Wildman–Crippen LogP) is 3.03. The van der Waals surface area contributed by atoms with Gasteiger partial charge in [0.15, 0.2) is 0 Å². The molecule has 0 unspecified atom stereocenters. The second-order valence-corrected chi connectivity index (χ2v) is 6.96. The number of nitrogens with zero attached hydrogens (tertiary/aromatic N) is 3. The number of ether oxygens (including phenoxy) is 1. The van der Waals surface area contributed by atoms with E-state index in [2.05, 4.69) is 9.29 Å². The number of imidazole rings is 1. The van der Waals surface area contributed by atoms with Gasteiger partial charge in [0, 0.05) is 31.9 Å². The molecule has 0 saturated carbocycles. The molecule has 0 amide bonds. The van der Waals surface area contributed by atoms with Crippen molar-refractivity contribution in [1.82, 2.24) is 13.9 Å². The van der Waals surface area contributed by atoms with Crippen molar-refractivity contribution in [2.24, 2.45) is 13.0 Å². The highest BCUT2D eigenvalue weighted by molar-refractivity contribution is 7.97. The molecule has 5 nitrogen and oxygen atoms in total. The number of carbonyl (C=O) groups is 1. The molecule has 0 aliphatic carbocycles. The van der Waals surface area contributed by atoms with Crippen LogP contribution in [0.1, 0.15) is 23.2 Å². The first-order valence-electron chi connectivity index (χ1n) is 7.82. The molecule has 0 spiro atoms. The summed E-state index contributed by atoms with van der Waals surface area (Å²) in [6, 6.07) is 7.29. The largest absolute Gasteiger partial charge is 0.493 e. The number of aromatic nitrogens is 2. The van der Waals surface area contributed by atoms with Crippen molar-refractivity contribution in [3.05, 3.63) is 42.4 Å². The van der Waals surface area contributed by atoms with Crippen LogP contribution in [0.25, 0.3) is 0 Å². The summed E-state index contributed by atoms with van der Waals surface area (Å²) >= 11 is 1.73. The standard InChI is InChI=1S/C17H21N3O2S/c1-19-10-17(18-13-19)23-20-8-6-15(7-9-20)12-22-16-4-2-14(11-21)3-5-16/h2-5,10-11,13,15H,6-9,12H2,1H3. The number of carbonyl (C=O) groups excluding carboxylic acids is 1. The molecule has 1 aliphatic rings. The summed E-state index contributed by atoms with van der Waals surface area (Å²) in [5, 5.41) is 1.05. The van der Waals surface area contributed by atoms with Crippen molar-refractivity contribution in [2.75, 3.05) is 19.7 Å². The molecular formula is C17H21N3O2S. The Hall–Kier alpha value is -1.79. The van der Waals surface area contributed by atoms with Gasteiger partial charge in [-0.25, -0.2) is 9.29 Å². The summed E-state index contributed by atoms with van der Waals surface area (Å²) in [5.41, 5.74) is 0.678. The predicted molar refractivity (Wildman–Crippen MR) is 90.7 cm³/mol. The van der Waals surface area contributed by atoms with Crippen LogP contribution in [-0.2, 0) is 7.05 Å². The van der Waals surface area contributed by atoms with Gasteiger partial charge in [-0.15, -0.1) is 0 Å². The Balaban J connectivity index is 1.41. The number of piperidine rings is 1. The third-order valence-electron chi connectivity index (χ3n) is 3.98. The molecule has 1 fully saturated rings. The maximum Gasteiger partial charge on any atom is 0.150 e. The van der Waals surface area contributed by atoms with Gasteiger partial charge in [-0.2, -0.15) is 0 Å². The van der Waals surface area contributed by atoms with Crippen molar-refractivity contribution < 1.29 is 9.53 Å². The van der Waals surface area contributed by atoms with Crippen molar-refractivity contribution >= 4 is 18.2 Å². The minimum atomic E-state index is 0.585. The SMILES string of the molecule is Cn1cnc(SN2CCC(COc3ccc(C=O)cc3)CC2)c1. The Kier molecular flexibility index (Phi) is 5.35. The average molecular weight is 331 g/mol. The highest BCUT2D eigenvalue weighted by atomic mass is 32.2. The van der Waals surface area contributed by atoms with Crippen LogP contribution in [0.3, 0.4) is 0 Å². The maximum absolute atomic E-state index is 10.6. The van der Waals surface area contributed by atoms with Crippen LogP contribution in [0.4, 0.5) is 0 Å². The van der Waals surface area contributed by atoms with E-state index in [4.69, 9.17) is 4.74 Å². The number of aldehydes is 1. The zero-order chi connectivity index (χ0) is 16.1. The fraction of sp³-hybridized carbons (Fsp3) is 0.412. The lowest BCUT2D eigenvalue weighted by molar-refractivity contribution is 0.112. The summed E-state index contributed by atoms with van der Waals surface area (Å²) in [6.07, 6.45) is 6.99. The van der Waals surface area contributed by atoms with E-state index in [0.717, 1.165) is 49.6 Å². The minimum absolute atomic E-state index is 0.585. The third kappa shape index (κ3) is 4.59. The van der Waals surface area contributed by atoms with E-state index >= 15 is 0 Å². The highest BCUT2D eigenvalue weighted by Gasteiger charge is 2.21. The lowest BCUT2D eigenvalue weighted by Crippen LogP contribution is -2.31. The van der Waals surface area contributed by atoms with E-state index in [0.29, 0.717) is 11.5 Å². The lowest BCUT2D eigenvalue weighted by atomic mass is 9.99. The summed E-state index contributed by atoms with van der Waals surface area (Å²) in [6.45, 7) is 2.85. The lowest BCUT2D eigenvalue weighted by Gasteiger charge is -2.30.